The fourth-order valence-electron chi connectivity index (χ4n) is 4.13. The molecule has 0 aliphatic carbocycles. The van der Waals surface area contributed by atoms with Gasteiger partial charge in [-0.1, -0.05) is 63.4 Å². The summed E-state index contributed by atoms with van der Waals surface area (Å²) >= 11 is 6.94. The standard InChI is InChI=1S/C28H34Br2N2O2/c1-18(2)16-26(33)32(20(5)6)28(19(3)4,22-8-10-23(29)11-9-22)17-21(7)27(34)31-25-14-12-24(30)13-15-25/h8-17,19-20H,1-7H3,(H,31,34). The summed E-state index contributed by atoms with van der Waals surface area (Å²) in [6.45, 7) is 13.8. The highest BCUT2D eigenvalue weighted by molar-refractivity contribution is 9.10. The van der Waals surface area contributed by atoms with Gasteiger partial charge >= 0.3 is 0 Å². The second-order valence-electron chi connectivity index (χ2n) is 9.30. The molecule has 0 aromatic heterocycles. The molecule has 0 bridgehead atoms. The maximum absolute atomic E-state index is 13.6. The molecule has 2 rings (SSSR count). The minimum atomic E-state index is -0.834. The van der Waals surface area contributed by atoms with Gasteiger partial charge in [0, 0.05) is 32.3 Å². The minimum absolute atomic E-state index is 0.0129. The van der Waals surface area contributed by atoms with Gasteiger partial charge < -0.3 is 10.2 Å². The molecule has 2 aromatic rings. The first-order chi connectivity index (χ1) is 15.9. The van der Waals surface area contributed by atoms with Gasteiger partial charge in [-0.2, -0.15) is 0 Å². The zero-order chi connectivity index (χ0) is 25.6. The Labute approximate surface area is 220 Å². The molecule has 0 saturated heterocycles. The summed E-state index contributed by atoms with van der Waals surface area (Å²) in [5.41, 5.74) is 2.29. The van der Waals surface area contributed by atoms with Crippen molar-refractivity contribution >= 4 is 49.4 Å². The average molecular weight is 590 g/mol. The molecule has 1 unspecified atom stereocenters. The van der Waals surface area contributed by atoms with E-state index < -0.39 is 5.54 Å². The van der Waals surface area contributed by atoms with Crippen LogP contribution in [0.3, 0.4) is 0 Å². The lowest BCUT2D eigenvalue weighted by molar-refractivity contribution is -0.135. The monoisotopic (exact) mass is 588 g/mol. The molecule has 6 heteroatoms. The van der Waals surface area contributed by atoms with Crippen LogP contribution in [0.2, 0.25) is 0 Å². The van der Waals surface area contributed by atoms with Gasteiger partial charge in [-0.15, -0.1) is 0 Å². The first kappa shape index (κ1) is 28.1. The van der Waals surface area contributed by atoms with Crippen molar-refractivity contribution in [3.05, 3.63) is 86.3 Å². The number of hydrogen-bond donors (Lipinski definition) is 1. The van der Waals surface area contributed by atoms with Gasteiger partial charge in [-0.05, 0) is 88.6 Å². The maximum atomic E-state index is 13.6. The molecule has 0 aliphatic rings. The number of nitrogens with one attached hydrogen (secondary N) is 1. The Bertz CT molecular complexity index is 1070. The number of anilines is 1. The van der Waals surface area contributed by atoms with Crippen molar-refractivity contribution < 1.29 is 9.59 Å². The first-order valence-electron chi connectivity index (χ1n) is 11.4. The van der Waals surface area contributed by atoms with E-state index in [9.17, 15) is 9.59 Å². The zero-order valence-electron chi connectivity index (χ0n) is 20.9. The molecular weight excluding hydrogens is 556 g/mol. The SMILES string of the molecule is CC(C)=CC(=O)N(C(C)C)C(C=C(C)C(=O)Nc1ccc(Br)cc1)(c1ccc(Br)cc1)C(C)C. The van der Waals surface area contributed by atoms with Gasteiger partial charge in [-0.25, -0.2) is 0 Å². The van der Waals surface area contributed by atoms with E-state index in [2.05, 4.69) is 51.0 Å². The van der Waals surface area contributed by atoms with Crippen LogP contribution in [0.15, 0.2) is 80.8 Å². The predicted octanol–water partition coefficient (Wildman–Crippen LogP) is 7.85. The average Bonchev–Trinajstić information content (AvgIpc) is 2.74. The number of rotatable bonds is 8. The van der Waals surface area contributed by atoms with Crippen LogP contribution in [-0.4, -0.2) is 22.8 Å². The Balaban J connectivity index is 2.70. The molecular formula is C28H34Br2N2O2. The Hall–Kier alpha value is -2.18. The van der Waals surface area contributed by atoms with Crippen molar-refractivity contribution in [2.75, 3.05) is 5.32 Å². The topological polar surface area (TPSA) is 49.4 Å². The number of carbonyl (C=O) groups excluding carboxylic acids is 2. The number of hydrogen-bond acceptors (Lipinski definition) is 2. The van der Waals surface area contributed by atoms with Crippen LogP contribution < -0.4 is 5.32 Å². The van der Waals surface area contributed by atoms with Crippen LogP contribution in [0.5, 0.6) is 0 Å². The van der Waals surface area contributed by atoms with Crippen LogP contribution in [0.4, 0.5) is 5.69 Å². The quantitative estimate of drug-likeness (QED) is 0.319. The summed E-state index contributed by atoms with van der Waals surface area (Å²) in [5.74, 6) is -0.298. The van der Waals surface area contributed by atoms with Gasteiger partial charge in [0.15, 0.2) is 0 Å². The summed E-state index contributed by atoms with van der Waals surface area (Å²) in [6.07, 6.45) is 3.62. The highest BCUT2D eigenvalue weighted by Crippen LogP contribution is 2.41. The first-order valence-corrected chi connectivity index (χ1v) is 13.0. The van der Waals surface area contributed by atoms with Gasteiger partial charge in [-0.3, -0.25) is 9.59 Å². The Kier molecular flexibility index (Phi) is 9.89. The van der Waals surface area contributed by atoms with Crippen molar-refractivity contribution in [1.29, 1.82) is 0 Å². The van der Waals surface area contributed by atoms with Gasteiger partial charge in [0.2, 0.25) is 5.91 Å². The van der Waals surface area contributed by atoms with Gasteiger partial charge in [0.25, 0.3) is 5.91 Å². The summed E-state index contributed by atoms with van der Waals surface area (Å²) in [4.78, 5) is 28.7. The molecule has 0 radical (unpaired) electrons. The number of halogens is 2. The lowest BCUT2D eigenvalue weighted by Gasteiger charge is -2.48. The fraction of sp³-hybridized carbons (Fsp3) is 0.357. The van der Waals surface area contributed by atoms with Crippen LogP contribution in [0.25, 0.3) is 0 Å². The normalized spacial score (nSPS) is 13.4. The van der Waals surface area contributed by atoms with E-state index in [4.69, 9.17) is 0 Å². The molecule has 0 fully saturated rings. The van der Waals surface area contributed by atoms with E-state index in [1.54, 1.807) is 13.0 Å². The lowest BCUT2D eigenvalue weighted by atomic mass is 9.76. The second kappa shape index (κ2) is 12.0. The summed E-state index contributed by atoms with van der Waals surface area (Å²) in [5, 5.41) is 2.97. The largest absolute Gasteiger partial charge is 0.323 e. The van der Waals surface area contributed by atoms with E-state index in [1.165, 1.54) is 0 Å². The third-order valence-corrected chi connectivity index (χ3v) is 6.71. The number of benzene rings is 2. The summed E-state index contributed by atoms with van der Waals surface area (Å²) in [6, 6.07) is 15.3. The second-order valence-corrected chi connectivity index (χ2v) is 11.1. The Morgan fingerprint density at radius 3 is 1.82 bits per heavy atom. The zero-order valence-corrected chi connectivity index (χ0v) is 24.1. The van der Waals surface area contributed by atoms with Crippen LogP contribution in [0, 0.1) is 5.92 Å². The van der Waals surface area contributed by atoms with E-state index in [-0.39, 0.29) is 23.8 Å². The number of allylic oxidation sites excluding steroid dienone is 1. The van der Waals surface area contributed by atoms with E-state index >= 15 is 0 Å². The van der Waals surface area contributed by atoms with E-state index in [0.717, 1.165) is 20.1 Å². The van der Waals surface area contributed by atoms with E-state index in [1.807, 2.05) is 87.2 Å². The molecule has 0 spiro atoms. The Morgan fingerprint density at radius 2 is 1.38 bits per heavy atom. The molecule has 0 heterocycles. The van der Waals surface area contributed by atoms with Crippen LogP contribution >= 0.6 is 31.9 Å². The molecule has 0 aliphatic heterocycles. The van der Waals surface area contributed by atoms with Crippen molar-refractivity contribution in [2.24, 2.45) is 5.92 Å². The minimum Gasteiger partial charge on any atom is -0.323 e. The molecule has 1 N–H and O–H groups in total. The third-order valence-electron chi connectivity index (χ3n) is 5.65. The molecule has 2 amide bonds. The van der Waals surface area contributed by atoms with Crippen molar-refractivity contribution in [2.45, 2.75) is 60.0 Å². The summed E-state index contributed by atoms with van der Waals surface area (Å²) < 4.78 is 1.89. The highest BCUT2D eigenvalue weighted by atomic mass is 79.9. The van der Waals surface area contributed by atoms with Gasteiger partial charge in [0.1, 0.15) is 0 Å². The molecule has 34 heavy (non-hydrogen) atoms. The van der Waals surface area contributed by atoms with E-state index in [0.29, 0.717) is 11.3 Å². The maximum Gasteiger partial charge on any atom is 0.251 e. The van der Waals surface area contributed by atoms with Crippen LogP contribution in [0.1, 0.15) is 54.0 Å². The van der Waals surface area contributed by atoms with Crippen molar-refractivity contribution in [3.8, 4) is 0 Å². The van der Waals surface area contributed by atoms with Crippen molar-refractivity contribution in [3.63, 3.8) is 0 Å². The third kappa shape index (κ3) is 6.70. The number of amides is 2. The molecule has 2 aromatic carbocycles. The highest BCUT2D eigenvalue weighted by Gasteiger charge is 2.43. The van der Waals surface area contributed by atoms with Gasteiger partial charge in [0.05, 0.1) is 5.54 Å². The number of carbonyl (C=O) groups is 2. The smallest absolute Gasteiger partial charge is 0.251 e. The molecule has 1 atom stereocenters. The predicted molar refractivity (Wildman–Crippen MR) is 149 cm³/mol. The van der Waals surface area contributed by atoms with Crippen LogP contribution in [-0.2, 0) is 15.1 Å². The Morgan fingerprint density at radius 1 is 0.882 bits per heavy atom. The molecule has 0 saturated carbocycles. The molecule has 182 valence electrons. The van der Waals surface area contributed by atoms with Crippen molar-refractivity contribution in [1.82, 2.24) is 4.90 Å². The molecule has 4 nitrogen and oxygen atoms in total. The fourth-order valence-corrected chi connectivity index (χ4v) is 4.65. The number of nitrogens with zero attached hydrogens (tertiary/aromatic N) is 1. The lowest BCUT2D eigenvalue weighted by Crippen LogP contribution is -2.54. The summed E-state index contributed by atoms with van der Waals surface area (Å²) in [7, 11) is 0.